The first-order chi connectivity index (χ1) is 12.7. The molecule has 7 unspecified atom stereocenters. The fourth-order valence-electron chi connectivity index (χ4n) is 4.79. The number of fused-ring (bicyclic) bond motifs is 5. The molecule has 1 aromatic rings. The SMILES string of the molecule is Cc1ccc(NC(=O)C(C)N2C(=O)C3C4CC(C(Br)C4Br)C3C2=O)cc1Cl. The third-order valence-corrected chi connectivity index (χ3v) is 9.84. The van der Waals surface area contributed by atoms with Crippen LogP contribution in [0.1, 0.15) is 18.9 Å². The van der Waals surface area contributed by atoms with Crippen LogP contribution in [0.15, 0.2) is 18.2 Å². The number of carbonyl (C=O) groups is 3. The van der Waals surface area contributed by atoms with E-state index in [-0.39, 0.29) is 45.1 Å². The smallest absolute Gasteiger partial charge is 0.247 e. The Hall–Kier alpha value is -0.920. The van der Waals surface area contributed by atoms with Crippen LogP contribution in [0.5, 0.6) is 0 Å². The largest absolute Gasteiger partial charge is 0.324 e. The van der Waals surface area contributed by atoms with Crippen LogP contribution in [0.3, 0.4) is 0 Å². The molecule has 2 bridgehead atoms. The van der Waals surface area contributed by atoms with Gasteiger partial charge in [-0.25, -0.2) is 0 Å². The first-order valence-electron chi connectivity index (χ1n) is 8.94. The average molecular weight is 519 g/mol. The van der Waals surface area contributed by atoms with E-state index in [0.29, 0.717) is 10.7 Å². The number of aryl methyl sites for hydroxylation is 1. The second-order valence-corrected chi connectivity index (χ2v) is 10.2. The number of hydrogen-bond donors (Lipinski definition) is 1. The van der Waals surface area contributed by atoms with Crippen LogP contribution in [0.2, 0.25) is 5.02 Å². The molecule has 4 rings (SSSR count). The van der Waals surface area contributed by atoms with Crippen molar-refractivity contribution in [2.45, 2.75) is 36.0 Å². The Bertz CT molecular complexity index is 816. The third kappa shape index (κ3) is 2.88. The highest BCUT2D eigenvalue weighted by Gasteiger charge is 2.67. The van der Waals surface area contributed by atoms with Crippen LogP contribution >= 0.6 is 43.5 Å². The number of halogens is 3. The Morgan fingerprint density at radius 1 is 1.19 bits per heavy atom. The molecule has 3 aliphatic rings. The average Bonchev–Trinajstić information content (AvgIpc) is 3.22. The number of carbonyl (C=O) groups excluding carboxylic acids is 3. The summed E-state index contributed by atoms with van der Waals surface area (Å²) in [5.74, 6) is -1.19. The van der Waals surface area contributed by atoms with Gasteiger partial charge in [0.1, 0.15) is 6.04 Å². The van der Waals surface area contributed by atoms with Crippen LogP contribution in [0.25, 0.3) is 0 Å². The minimum Gasteiger partial charge on any atom is -0.324 e. The topological polar surface area (TPSA) is 66.5 Å². The van der Waals surface area contributed by atoms with Gasteiger partial charge in [0.05, 0.1) is 11.8 Å². The zero-order valence-electron chi connectivity index (χ0n) is 14.8. The number of amides is 3. The molecule has 1 saturated heterocycles. The molecule has 144 valence electrons. The molecule has 8 heteroatoms. The van der Waals surface area contributed by atoms with Crippen LogP contribution < -0.4 is 5.32 Å². The fraction of sp³-hybridized carbons (Fsp3) is 0.526. The number of alkyl halides is 2. The fourth-order valence-corrected chi connectivity index (χ4v) is 6.84. The molecule has 1 N–H and O–H groups in total. The van der Waals surface area contributed by atoms with Crippen LogP contribution in [-0.2, 0) is 14.4 Å². The Balaban J connectivity index is 1.53. The lowest BCUT2D eigenvalue weighted by Gasteiger charge is -2.28. The van der Waals surface area contributed by atoms with Gasteiger partial charge in [0, 0.05) is 20.4 Å². The van der Waals surface area contributed by atoms with E-state index >= 15 is 0 Å². The zero-order valence-corrected chi connectivity index (χ0v) is 18.7. The molecule has 5 nitrogen and oxygen atoms in total. The summed E-state index contributed by atoms with van der Waals surface area (Å²) in [7, 11) is 0. The summed E-state index contributed by atoms with van der Waals surface area (Å²) in [6.45, 7) is 3.47. The quantitative estimate of drug-likeness (QED) is 0.490. The highest BCUT2D eigenvalue weighted by atomic mass is 79.9. The van der Waals surface area contributed by atoms with Crippen molar-refractivity contribution in [1.82, 2.24) is 4.90 Å². The van der Waals surface area contributed by atoms with E-state index in [2.05, 4.69) is 37.2 Å². The summed E-state index contributed by atoms with van der Waals surface area (Å²) in [5.41, 5.74) is 1.45. The Kier molecular flexibility index (Phi) is 4.92. The van der Waals surface area contributed by atoms with E-state index in [1.165, 1.54) is 4.90 Å². The number of rotatable bonds is 3. The van der Waals surface area contributed by atoms with Gasteiger partial charge in [-0.2, -0.15) is 0 Å². The molecule has 1 heterocycles. The first kappa shape index (κ1) is 19.4. The van der Waals surface area contributed by atoms with Gasteiger partial charge in [-0.15, -0.1) is 0 Å². The standard InChI is InChI=1S/C19H19Br2ClN2O3/c1-7-3-4-9(5-12(7)22)23-17(25)8(2)24-18(26)13-10-6-11(14(13)19(24)27)16(21)15(10)20/h3-5,8,10-11,13-16H,6H2,1-2H3,(H,23,25). The predicted molar refractivity (Wildman–Crippen MR) is 110 cm³/mol. The van der Waals surface area contributed by atoms with Crippen LogP contribution in [0.4, 0.5) is 5.69 Å². The van der Waals surface area contributed by atoms with Crippen molar-refractivity contribution in [2.24, 2.45) is 23.7 Å². The van der Waals surface area contributed by atoms with Gasteiger partial charge in [0.15, 0.2) is 0 Å². The normalized spacial score (nSPS) is 35.5. The highest BCUT2D eigenvalue weighted by Crippen LogP contribution is 2.60. The molecule has 27 heavy (non-hydrogen) atoms. The molecule has 1 aliphatic heterocycles. The molecule has 0 spiro atoms. The van der Waals surface area contributed by atoms with Crippen molar-refractivity contribution in [3.05, 3.63) is 28.8 Å². The zero-order chi connectivity index (χ0) is 19.6. The second-order valence-electron chi connectivity index (χ2n) is 7.68. The van der Waals surface area contributed by atoms with Gasteiger partial charge in [0.25, 0.3) is 0 Å². The molecule has 2 saturated carbocycles. The third-order valence-electron chi connectivity index (χ3n) is 6.23. The summed E-state index contributed by atoms with van der Waals surface area (Å²) in [6.07, 6.45) is 0.870. The summed E-state index contributed by atoms with van der Waals surface area (Å²) in [6, 6.07) is 4.36. The molecule has 0 radical (unpaired) electrons. The van der Waals surface area contributed by atoms with Crippen LogP contribution in [-0.4, -0.2) is 38.3 Å². The monoisotopic (exact) mass is 516 g/mol. The van der Waals surface area contributed by atoms with E-state index in [0.717, 1.165) is 12.0 Å². The summed E-state index contributed by atoms with van der Waals surface area (Å²) in [5, 5.41) is 3.31. The minimum absolute atomic E-state index is 0.136. The number of nitrogens with one attached hydrogen (secondary N) is 1. The van der Waals surface area contributed by atoms with E-state index in [1.807, 2.05) is 13.0 Å². The first-order valence-corrected chi connectivity index (χ1v) is 11.2. The molecule has 3 amide bonds. The van der Waals surface area contributed by atoms with Crippen molar-refractivity contribution in [2.75, 3.05) is 5.32 Å². The number of anilines is 1. The molecular formula is C19H19Br2ClN2O3. The summed E-state index contributed by atoms with van der Waals surface area (Å²) < 4.78 is 0. The lowest BCUT2D eigenvalue weighted by atomic mass is 9.81. The summed E-state index contributed by atoms with van der Waals surface area (Å²) >= 11 is 13.4. The minimum atomic E-state index is -0.863. The highest BCUT2D eigenvalue weighted by molar-refractivity contribution is 9.12. The van der Waals surface area contributed by atoms with Crippen molar-refractivity contribution in [3.8, 4) is 0 Å². The van der Waals surface area contributed by atoms with Gasteiger partial charge in [-0.3, -0.25) is 19.3 Å². The molecule has 7 atom stereocenters. The van der Waals surface area contributed by atoms with E-state index < -0.39 is 11.9 Å². The van der Waals surface area contributed by atoms with Crippen LogP contribution in [0, 0.1) is 30.6 Å². The van der Waals surface area contributed by atoms with Gasteiger partial charge < -0.3 is 5.32 Å². The van der Waals surface area contributed by atoms with Gasteiger partial charge in [-0.05, 0) is 49.8 Å². The number of hydrogen-bond acceptors (Lipinski definition) is 3. The summed E-state index contributed by atoms with van der Waals surface area (Å²) in [4.78, 5) is 40.2. The molecule has 0 aromatic heterocycles. The maximum Gasteiger partial charge on any atom is 0.247 e. The number of likely N-dealkylation sites (tertiary alicyclic amines) is 1. The van der Waals surface area contributed by atoms with Gasteiger partial charge in [0.2, 0.25) is 17.7 Å². The van der Waals surface area contributed by atoms with E-state index in [4.69, 9.17) is 11.6 Å². The van der Waals surface area contributed by atoms with Crippen molar-refractivity contribution >= 4 is 66.9 Å². The lowest BCUT2D eigenvalue weighted by Crippen LogP contribution is -2.46. The Labute approximate surface area is 179 Å². The lowest BCUT2D eigenvalue weighted by molar-refractivity contribution is -0.146. The number of imide groups is 1. The van der Waals surface area contributed by atoms with Crippen molar-refractivity contribution in [3.63, 3.8) is 0 Å². The van der Waals surface area contributed by atoms with Gasteiger partial charge in [-0.1, -0.05) is 49.5 Å². The molecule has 1 aromatic carbocycles. The van der Waals surface area contributed by atoms with Crippen molar-refractivity contribution < 1.29 is 14.4 Å². The predicted octanol–water partition coefficient (Wildman–Crippen LogP) is 3.75. The Morgan fingerprint density at radius 3 is 2.26 bits per heavy atom. The maximum atomic E-state index is 13.0. The maximum absolute atomic E-state index is 13.0. The Morgan fingerprint density at radius 2 is 1.74 bits per heavy atom. The number of benzene rings is 1. The second kappa shape index (κ2) is 6.85. The van der Waals surface area contributed by atoms with E-state index in [1.54, 1.807) is 19.1 Å². The molecule has 3 fully saturated rings. The van der Waals surface area contributed by atoms with Gasteiger partial charge >= 0.3 is 0 Å². The molecular weight excluding hydrogens is 499 g/mol. The number of nitrogens with zero attached hydrogens (tertiary/aromatic N) is 1. The van der Waals surface area contributed by atoms with E-state index in [9.17, 15) is 14.4 Å². The van der Waals surface area contributed by atoms with Crippen molar-refractivity contribution in [1.29, 1.82) is 0 Å². The molecule has 2 aliphatic carbocycles.